The Labute approximate surface area is 116 Å². The van der Waals surface area contributed by atoms with Gasteiger partial charge in [0.05, 0.1) is 12.0 Å². The molecule has 0 aliphatic rings. The van der Waals surface area contributed by atoms with Gasteiger partial charge in [0.1, 0.15) is 11.3 Å². The number of phenolic OH excluding ortho intramolecular Hbond substituents is 1. The summed E-state index contributed by atoms with van der Waals surface area (Å²) in [5, 5.41) is 19.8. The zero-order chi connectivity index (χ0) is 14.7. The standard InChI is InChI=1S/C15H18O5/c1-3-9(4-2)8-19-14-13(17)11-6-5-10(16)7-12(11)20-15(14)18/h5-7,9,16-17H,3-4,8H2,1-2H3. The topological polar surface area (TPSA) is 79.9 Å². The molecule has 0 aliphatic heterocycles. The van der Waals surface area contributed by atoms with Crippen LogP contribution in [0.1, 0.15) is 26.7 Å². The fourth-order valence-corrected chi connectivity index (χ4v) is 2.01. The molecule has 20 heavy (non-hydrogen) atoms. The number of hydrogen-bond acceptors (Lipinski definition) is 5. The first-order valence-electron chi connectivity index (χ1n) is 6.68. The lowest BCUT2D eigenvalue weighted by Crippen LogP contribution is -2.14. The summed E-state index contributed by atoms with van der Waals surface area (Å²) in [4.78, 5) is 11.8. The highest BCUT2D eigenvalue weighted by Crippen LogP contribution is 2.33. The van der Waals surface area contributed by atoms with E-state index in [0.29, 0.717) is 17.9 Å². The van der Waals surface area contributed by atoms with Gasteiger partial charge in [-0.3, -0.25) is 0 Å². The Morgan fingerprint density at radius 1 is 1.25 bits per heavy atom. The number of phenols is 1. The molecule has 0 spiro atoms. The predicted octanol–water partition coefficient (Wildman–Crippen LogP) is 3.02. The molecule has 0 atom stereocenters. The van der Waals surface area contributed by atoms with Crippen LogP contribution < -0.4 is 10.4 Å². The number of rotatable bonds is 5. The molecule has 0 unspecified atom stereocenters. The van der Waals surface area contributed by atoms with Gasteiger partial charge in [0.15, 0.2) is 5.75 Å². The molecule has 1 aromatic carbocycles. The van der Waals surface area contributed by atoms with Crippen molar-refractivity contribution in [1.82, 2.24) is 0 Å². The van der Waals surface area contributed by atoms with Crippen LogP contribution >= 0.6 is 0 Å². The van der Waals surface area contributed by atoms with E-state index in [-0.39, 0.29) is 22.8 Å². The summed E-state index contributed by atoms with van der Waals surface area (Å²) in [6.07, 6.45) is 1.87. The number of fused-ring (bicyclic) bond motifs is 1. The first kappa shape index (κ1) is 14.2. The quantitative estimate of drug-likeness (QED) is 0.822. The van der Waals surface area contributed by atoms with E-state index < -0.39 is 5.63 Å². The normalized spacial score (nSPS) is 11.2. The van der Waals surface area contributed by atoms with Gasteiger partial charge in [-0.2, -0.15) is 0 Å². The van der Waals surface area contributed by atoms with Crippen molar-refractivity contribution in [2.45, 2.75) is 26.7 Å². The van der Waals surface area contributed by atoms with E-state index in [1.54, 1.807) is 0 Å². The zero-order valence-corrected chi connectivity index (χ0v) is 11.5. The van der Waals surface area contributed by atoms with Crippen LogP contribution in [-0.2, 0) is 0 Å². The number of aromatic hydroxyl groups is 2. The maximum Gasteiger partial charge on any atom is 0.383 e. The molecule has 0 fully saturated rings. The molecule has 5 heteroatoms. The largest absolute Gasteiger partial charge is 0.508 e. The SMILES string of the molecule is CCC(CC)COc1c(O)c2ccc(O)cc2oc1=O. The Morgan fingerprint density at radius 2 is 1.95 bits per heavy atom. The van der Waals surface area contributed by atoms with Crippen molar-refractivity contribution in [3.05, 3.63) is 28.6 Å². The van der Waals surface area contributed by atoms with E-state index in [0.717, 1.165) is 12.8 Å². The first-order valence-corrected chi connectivity index (χ1v) is 6.68. The third kappa shape index (κ3) is 2.71. The summed E-state index contributed by atoms with van der Waals surface area (Å²) in [5.74, 6) is -0.132. The lowest BCUT2D eigenvalue weighted by atomic mass is 10.1. The third-order valence-electron chi connectivity index (χ3n) is 3.44. The second-order valence-electron chi connectivity index (χ2n) is 4.74. The molecule has 0 saturated heterocycles. The minimum absolute atomic E-state index is 0.0363. The van der Waals surface area contributed by atoms with Crippen molar-refractivity contribution in [1.29, 1.82) is 0 Å². The van der Waals surface area contributed by atoms with E-state index in [1.807, 2.05) is 13.8 Å². The third-order valence-corrected chi connectivity index (χ3v) is 3.44. The molecule has 108 valence electrons. The average molecular weight is 278 g/mol. The molecule has 1 aromatic heterocycles. The van der Waals surface area contributed by atoms with Crippen LogP contribution in [0.4, 0.5) is 0 Å². The molecule has 2 rings (SSSR count). The summed E-state index contributed by atoms with van der Waals surface area (Å²) >= 11 is 0. The van der Waals surface area contributed by atoms with Gasteiger partial charge in [-0.15, -0.1) is 0 Å². The molecule has 0 amide bonds. The van der Waals surface area contributed by atoms with Gasteiger partial charge in [-0.05, 0) is 18.1 Å². The van der Waals surface area contributed by atoms with Crippen LogP contribution in [0.2, 0.25) is 0 Å². The Kier molecular flexibility index (Phi) is 4.17. The van der Waals surface area contributed by atoms with E-state index in [1.165, 1.54) is 18.2 Å². The highest BCUT2D eigenvalue weighted by atomic mass is 16.5. The Balaban J connectivity index is 2.39. The smallest absolute Gasteiger partial charge is 0.383 e. The summed E-state index contributed by atoms with van der Waals surface area (Å²) in [6, 6.07) is 4.17. The van der Waals surface area contributed by atoms with Crippen LogP contribution in [0.25, 0.3) is 11.0 Å². The maximum atomic E-state index is 11.8. The van der Waals surface area contributed by atoms with Crippen LogP contribution in [0, 0.1) is 5.92 Å². The molecule has 2 N–H and O–H groups in total. The molecular weight excluding hydrogens is 260 g/mol. The number of ether oxygens (including phenoxy) is 1. The number of hydrogen-bond donors (Lipinski definition) is 2. The molecule has 1 heterocycles. The molecular formula is C15H18O5. The van der Waals surface area contributed by atoms with Crippen molar-refractivity contribution >= 4 is 11.0 Å². The zero-order valence-electron chi connectivity index (χ0n) is 11.5. The average Bonchev–Trinajstić information content (AvgIpc) is 2.42. The van der Waals surface area contributed by atoms with E-state index >= 15 is 0 Å². The van der Waals surface area contributed by atoms with Crippen molar-refractivity contribution in [3.63, 3.8) is 0 Å². The fourth-order valence-electron chi connectivity index (χ4n) is 2.01. The molecule has 0 saturated carbocycles. The van der Waals surface area contributed by atoms with E-state index in [4.69, 9.17) is 9.15 Å². The Hall–Kier alpha value is -2.17. The molecule has 0 aliphatic carbocycles. The molecule has 0 bridgehead atoms. The van der Waals surface area contributed by atoms with Crippen LogP contribution in [-0.4, -0.2) is 16.8 Å². The monoisotopic (exact) mass is 278 g/mol. The predicted molar refractivity (Wildman–Crippen MR) is 75.4 cm³/mol. The Bertz CT molecular complexity index is 655. The van der Waals surface area contributed by atoms with E-state index in [9.17, 15) is 15.0 Å². The van der Waals surface area contributed by atoms with Gasteiger partial charge in [0.2, 0.25) is 5.75 Å². The van der Waals surface area contributed by atoms with Crippen LogP contribution in [0.5, 0.6) is 17.2 Å². The summed E-state index contributed by atoms with van der Waals surface area (Å²) in [7, 11) is 0. The molecule has 2 aromatic rings. The lowest BCUT2D eigenvalue weighted by molar-refractivity contribution is 0.223. The highest BCUT2D eigenvalue weighted by molar-refractivity contribution is 5.86. The van der Waals surface area contributed by atoms with Crippen LogP contribution in [0.15, 0.2) is 27.4 Å². The van der Waals surface area contributed by atoms with Crippen molar-refractivity contribution in [2.24, 2.45) is 5.92 Å². The van der Waals surface area contributed by atoms with Crippen LogP contribution in [0.3, 0.4) is 0 Å². The molecule has 0 radical (unpaired) electrons. The summed E-state index contributed by atoms with van der Waals surface area (Å²) in [6.45, 7) is 4.45. The van der Waals surface area contributed by atoms with Crippen molar-refractivity contribution < 1.29 is 19.4 Å². The maximum absolute atomic E-state index is 11.8. The highest BCUT2D eigenvalue weighted by Gasteiger charge is 2.17. The van der Waals surface area contributed by atoms with E-state index in [2.05, 4.69) is 0 Å². The van der Waals surface area contributed by atoms with Gasteiger partial charge in [0, 0.05) is 6.07 Å². The van der Waals surface area contributed by atoms with Gasteiger partial charge in [-0.25, -0.2) is 4.79 Å². The minimum atomic E-state index is -0.744. The lowest BCUT2D eigenvalue weighted by Gasteiger charge is -2.14. The van der Waals surface area contributed by atoms with Gasteiger partial charge < -0.3 is 19.4 Å². The Morgan fingerprint density at radius 3 is 2.60 bits per heavy atom. The minimum Gasteiger partial charge on any atom is -0.508 e. The van der Waals surface area contributed by atoms with Gasteiger partial charge in [0.25, 0.3) is 0 Å². The fraction of sp³-hybridized carbons (Fsp3) is 0.400. The summed E-state index contributed by atoms with van der Waals surface area (Å²) in [5.41, 5.74) is -0.617. The van der Waals surface area contributed by atoms with Crippen molar-refractivity contribution in [2.75, 3.05) is 6.61 Å². The van der Waals surface area contributed by atoms with Gasteiger partial charge in [-0.1, -0.05) is 26.7 Å². The second-order valence-corrected chi connectivity index (χ2v) is 4.74. The van der Waals surface area contributed by atoms with Crippen molar-refractivity contribution in [3.8, 4) is 17.2 Å². The second kappa shape index (κ2) is 5.86. The molecule has 5 nitrogen and oxygen atoms in total. The first-order chi connectivity index (χ1) is 9.56. The summed E-state index contributed by atoms with van der Waals surface area (Å²) < 4.78 is 10.5. The van der Waals surface area contributed by atoms with Gasteiger partial charge >= 0.3 is 5.63 Å². The number of benzene rings is 1.